The molecule has 0 saturated heterocycles. The van der Waals surface area contributed by atoms with Crippen molar-refractivity contribution in [2.75, 3.05) is 13.2 Å². The van der Waals surface area contributed by atoms with Gasteiger partial charge in [-0.25, -0.2) is 0 Å². The van der Waals surface area contributed by atoms with Gasteiger partial charge in [0.25, 0.3) is 0 Å². The van der Waals surface area contributed by atoms with Crippen LogP contribution in [0.5, 0.6) is 0 Å². The van der Waals surface area contributed by atoms with Gasteiger partial charge in [0, 0.05) is 12.8 Å². The second-order valence-corrected chi connectivity index (χ2v) is 8.74. The van der Waals surface area contributed by atoms with Crippen LogP contribution in [0, 0.1) is 0 Å². The number of aliphatic hydroxyl groups is 1. The molecule has 0 amide bonds. The monoisotopic (exact) mass is 502 g/mol. The van der Waals surface area contributed by atoms with Crippen molar-refractivity contribution in [2.45, 2.75) is 110 Å². The molecule has 1 unspecified atom stereocenters. The Morgan fingerprint density at radius 2 is 1.19 bits per heavy atom. The van der Waals surface area contributed by atoms with E-state index in [1.54, 1.807) is 0 Å². The van der Waals surface area contributed by atoms with E-state index in [1.807, 2.05) is 0 Å². The summed E-state index contributed by atoms with van der Waals surface area (Å²) in [4.78, 5) is 23.7. The van der Waals surface area contributed by atoms with Crippen molar-refractivity contribution in [2.24, 2.45) is 0 Å². The minimum Gasteiger partial charge on any atom is -0.462 e. The maximum absolute atomic E-state index is 12.0. The lowest BCUT2D eigenvalue weighted by Gasteiger charge is -2.15. The molecular formula is C31H50O5. The normalized spacial score (nSPS) is 13.1. The van der Waals surface area contributed by atoms with Gasteiger partial charge in [-0.15, -0.1) is 0 Å². The van der Waals surface area contributed by atoms with Crippen molar-refractivity contribution < 1.29 is 24.2 Å². The van der Waals surface area contributed by atoms with E-state index in [2.05, 4.69) is 74.6 Å². The zero-order valence-electron chi connectivity index (χ0n) is 22.7. The van der Waals surface area contributed by atoms with E-state index in [0.717, 1.165) is 64.2 Å². The molecule has 1 N–H and O–H groups in total. The highest BCUT2D eigenvalue weighted by Crippen LogP contribution is 2.07. The molecule has 0 aromatic carbocycles. The highest BCUT2D eigenvalue weighted by molar-refractivity contribution is 5.70. The number of carbonyl (C=O) groups is 2. The number of aliphatic hydroxyl groups excluding tert-OH is 1. The van der Waals surface area contributed by atoms with E-state index in [4.69, 9.17) is 9.47 Å². The van der Waals surface area contributed by atoms with Gasteiger partial charge in [-0.1, -0.05) is 100 Å². The molecule has 0 heterocycles. The summed E-state index contributed by atoms with van der Waals surface area (Å²) >= 11 is 0. The van der Waals surface area contributed by atoms with Gasteiger partial charge in [0.1, 0.15) is 6.61 Å². The molecule has 0 aliphatic rings. The van der Waals surface area contributed by atoms with Crippen molar-refractivity contribution in [3.63, 3.8) is 0 Å². The summed E-state index contributed by atoms with van der Waals surface area (Å²) in [5.74, 6) is -0.684. The molecule has 0 saturated carbocycles. The Morgan fingerprint density at radius 3 is 1.75 bits per heavy atom. The van der Waals surface area contributed by atoms with Crippen LogP contribution in [0.4, 0.5) is 0 Å². The molecule has 0 bridgehead atoms. The summed E-state index contributed by atoms with van der Waals surface area (Å²) in [5.41, 5.74) is 0. The molecule has 0 aromatic heterocycles. The first-order valence-corrected chi connectivity index (χ1v) is 13.8. The zero-order valence-corrected chi connectivity index (χ0v) is 22.7. The highest BCUT2D eigenvalue weighted by atomic mass is 16.6. The number of rotatable bonds is 23. The molecular weight excluding hydrogens is 452 g/mol. The Morgan fingerprint density at radius 1 is 0.667 bits per heavy atom. The largest absolute Gasteiger partial charge is 0.462 e. The third-order valence-corrected chi connectivity index (χ3v) is 5.33. The van der Waals surface area contributed by atoms with Crippen molar-refractivity contribution in [1.82, 2.24) is 0 Å². The van der Waals surface area contributed by atoms with Gasteiger partial charge in [0.05, 0.1) is 6.61 Å². The van der Waals surface area contributed by atoms with Gasteiger partial charge in [-0.2, -0.15) is 0 Å². The van der Waals surface area contributed by atoms with E-state index in [0.29, 0.717) is 12.8 Å². The Kier molecular flexibility index (Phi) is 25.4. The number of hydrogen-bond donors (Lipinski definition) is 1. The van der Waals surface area contributed by atoms with E-state index < -0.39 is 6.10 Å². The fraction of sp³-hybridized carbons (Fsp3) is 0.613. The third-order valence-electron chi connectivity index (χ3n) is 5.33. The van der Waals surface area contributed by atoms with E-state index in [9.17, 15) is 14.7 Å². The van der Waals surface area contributed by atoms with Crippen molar-refractivity contribution >= 4 is 11.9 Å². The van der Waals surface area contributed by atoms with E-state index in [-0.39, 0.29) is 31.6 Å². The van der Waals surface area contributed by atoms with Crippen LogP contribution in [0.3, 0.4) is 0 Å². The van der Waals surface area contributed by atoms with Crippen molar-refractivity contribution in [3.8, 4) is 0 Å². The lowest BCUT2D eigenvalue weighted by Crippen LogP contribution is -2.28. The van der Waals surface area contributed by atoms with Crippen LogP contribution in [-0.4, -0.2) is 36.4 Å². The lowest BCUT2D eigenvalue weighted by molar-refractivity contribution is -0.161. The van der Waals surface area contributed by atoms with Crippen LogP contribution >= 0.6 is 0 Å². The quantitative estimate of drug-likeness (QED) is 0.0879. The van der Waals surface area contributed by atoms with Crippen LogP contribution in [0.2, 0.25) is 0 Å². The number of hydrogen-bond acceptors (Lipinski definition) is 5. The third kappa shape index (κ3) is 24.7. The standard InChI is InChI=1S/C31H50O5/c1-3-5-7-9-10-11-12-13-14-15-16-17-18-19-20-22-24-26-31(34)36-29(27-32)28-35-30(33)25-23-21-8-6-4-2/h5,7,10-11,13-14,16-17,19-20,29,32H,3-4,6,8-9,12,15,18,21-28H2,1-2H3/b7-5-,11-10-,14-13-,17-16-,20-19-. The van der Waals surface area contributed by atoms with Gasteiger partial charge >= 0.3 is 11.9 Å². The lowest BCUT2D eigenvalue weighted by atomic mass is 10.1. The van der Waals surface area contributed by atoms with Gasteiger partial charge in [-0.05, 0) is 51.4 Å². The first-order chi connectivity index (χ1) is 17.6. The molecule has 36 heavy (non-hydrogen) atoms. The fourth-order valence-corrected chi connectivity index (χ4v) is 3.23. The van der Waals surface area contributed by atoms with Crippen LogP contribution in [0.15, 0.2) is 60.8 Å². The molecule has 5 nitrogen and oxygen atoms in total. The van der Waals surface area contributed by atoms with Gasteiger partial charge in [0.2, 0.25) is 0 Å². The number of unbranched alkanes of at least 4 members (excludes halogenated alkanes) is 5. The zero-order chi connectivity index (χ0) is 26.5. The summed E-state index contributed by atoms with van der Waals surface area (Å²) in [5, 5.41) is 9.39. The molecule has 1 atom stereocenters. The average molecular weight is 503 g/mol. The average Bonchev–Trinajstić information content (AvgIpc) is 2.88. The molecule has 0 fully saturated rings. The predicted molar refractivity (Wildman–Crippen MR) is 150 cm³/mol. The van der Waals surface area contributed by atoms with Crippen LogP contribution in [0.1, 0.15) is 104 Å². The van der Waals surface area contributed by atoms with Gasteiger partial charge in [-0.3, -0.25) is 9.59 Å². The number of allylic oxidation sites excluding steroid dienone is 10. The van der Waals surface area contributed by atoms with Crippen LogP contribution < -0.4 is 0 Å². The summed E-state index contributed by atoms with van der Waals surface area (Å²) in [6, 6.07) is 0. The SMILES string of the molecule is CC/C=C\C/C=C\C/C=C\C/C=C\C/C=C\CCCC(=O)OC(CO)COC(=O)CCCCCCC. The maximum Gasteiger partial charge on any atom is 0.306 e. The smallest absolute Gasteiger partial charge is 0.306 e. The Hall–Kier alpha value is -2.40. The van der Waals surface area contributed by atoms with E-state index >= 15 is 0 Å². The molecule has 5 heteroatoms. The maximum atomic E-state index is 12.0. The first kappa shape index (κ1) is 33.6. The first-order valence-electron chi connectivity index (χ1n) is 13.8. The predicted octanol–water partition coefficient (Wildman–Crippen LogP) is 7.72. The van der Waals surface area contributed by atoms with Gasteiger partial charge in [0.15, 0.2) is 6.10 Å². The number of ether oxygens (including phenoxy) is 2. The Bertz CT molecular complexity index is 672. The molecule has 0 aliphatic heterocycles. The number of esters is 2. The molecule has 0 spiro atoms. The van der Waals surface area contributed by atoms with Gasteiger partial charge < -0.3 is 14.6 Å². The molecule has 0 rings (SSSR count). The summed E-state index contributed by atoms with van der Waals surface area (Å²) < 4.78 is 10.4. The molecule has 0 aliphatic carbocycles. The van der Waals surface area contributed by atoms with Crippen molar-refractivity contribution in [1.29, 1.82) is 0 Å². The second-order valence-electron chi connectivity index (χ2n) is 8.74. The second kappa shape index (κ2) is 27.2. The highest BCUT2D eigenvalue weighted by Gasteiger charge is 2.15. The summed E-state index contributed by atoms with van der Waals surface area (Å²) in [7, 11) is 0. The Balaban J connectivity index is 3.78. The number of carbonyl (C=O) groups excluding carboxylic acids is 2. The summed E-state index contributed by atoms with van der Waals surface area (Å²) in [6.45, 7) is 3.84. The fourth-order valence-electron chi connectivity index (χ4n) is 3.23. The minimum atomic E-state index is -0.796. The Labute approximate surface area is 220 Å². The molecule has 204 valence electrons. The van der Waals surface area contributed by atoms with E-state index in [1.165, 1.54) is 6.42 Å². The van der Waals surface area contributed by atoms with Crippen LogP contribution in [0.25, 0.3) is 0 Å². The molecule has 0 aromatic rings. The summed E-state index contributed by atoms with van der Waals surface area (Å²) in [6.07, 6.45) is 33.0. The topological polar surface area (TPSA) is 72.8 Å². The minimum absolute atomic E-state index is 0.0925. The molecule has 0 radical (unpaired) electrons. The van der Waals surface area contributed by atoms with Crippen molar-refractivity contribution in [3.05, 3.63) is 60.8 Å². The van der Waals surface area contributed by atoms with Crippen LogP contribution in [-0.2, 0) is 19.1 Å².